The molecule has 0 aliphatic heterocycles. The molecule has 0 atom stereocenters. The Morgan fingerprint density at radius 2 is 1.00 bits per heavy atom. The van der Waals surface area contributed by atoms with Gasteiger partial charge in [0.25, 0.3) is 0 Å². The summed E-state index contributed by atoms with van der Waals surface area (Å²) in [7, 11) is 0. The van der Waals surface area contributed by atoms with Crippen LogP contribution in [-0.2, 0) is 89.1 Å². The van der Waals surface area contributed by atoms with Crippen LogP contribution in [0.3, 0.4) is 0 Å². The van der Waals surface area contributed by atoms with Crippen LogP contribution in [0.15, 0.2) is 0 Å². The van der Waals surface area contributed by atoms with Crippen LogP contribution < -0.4 is 0 Å². The van der Waals surface area contributed by atoms with Gasteiger partial charge in [-0.05, 0) is 11.0 Å². The van der Waals surface area contributed by atoms with E-state index < -0.39 is 0 Å². The molecule has 0 saturated heterocycles. The zero-order valence-corrected chi connectivity index (χ0v) is 7.76. The van der Waals surface area contributed by atoms with Crippen molar-refractivity contribution in [1.82, 2.24) is 0 Å². The topological polar surface area (TPSA) is 0 Å². The van der Waals surface area contributed by atoms with Gasteiger partial charge >= 0.3 is 0 Å². The van der Waals surface area contributed by atoms with E-state index in [9.17, 15) is 0 Å². The van der Waals surface area contributed by atoms with E-state index in [0.29, 0.717) is 0 Å². The molecule has 0 amide bonds. The van der Waals surface area contributed by atoms with Gasteiger partial charge in [0, 0.05) is 89.1 Å². The molecule has 6 heteroatoms. The van der Waals surface area contributed by atoms with Crippen LogP contribution in [-0.4, -0.2) is 11.0 Å². The average molecular weight is 308 g/mol. The van der Waals surface area contributed by atoms with Gasteiger partial charge in [-0.1, -0.05) is 0 Å². The minimum atomic E-state index is 0. The molecule has 0 nitrogen and oxygen atoms in total. The minimum Gasteiger partial charge on any atom is -0.0149 e. The smallest absolute Gasteiger partial charge is 0 e. The van der Waals surface area contributed by atoms with Crippen LogP contribution in [0.5, 0.6) is 0 Å². The van der Waals surface area contributed by atoms with Crippen molar-refractivity contribution in [2.24, 2.45) is 0 Å². The van der Waals surface area contributed by atoms with Crippen molar-refractivity contribution in [3.63, 3.8) is 0 Å². The molecule has 0 aliphatic rings. The maximum Gasteiger partial charge on any atom is 0 e. The summed E-state index contributed by atoms with van der Waals surface area (Å²) in [4.78, 5) is 0. The van der Waals surface area contributed by atoms with Crippen molar-refractivity contribution < 1.29 is 89.1 Å². The fraction of sp³-hybridized carbons (Fsp3) is 0. The third kappa shape index (κ3) is 28.2. The van der Waals surface area contributed by atoms with Gasteiger partial charge in [0.2, 0.25) is 0 Å². The Morgan fingerprint density at radius 3 is 1.00 bits per heavy atom. The summed E-state index contributed by atoms with van der Waals surface area (Å²) in [6.45, 7) is 0. The molecule has 0 aromatic rings. The average Bonchev–Trinajstić information content (AvgIpc) is 0. The van der Waals surface area contributed by atoms with Crippen molar-refractivity contribution in [2.75, 3.05) is 0 Å². The molecular weight excluding hydrogens is 304 g/mol. The summed E-state index contributed by atoms with van der Waals surface area (Å²) in [5, 5.41) is 0. The van der Waals surface area contributed by atoms with Crippen LogP contribution in [0.25, 0.3) is 0 Å². The molecule has 0 aliphatic carbocycles. The van der Waals surface area contributed by atoms with E-state index >= 15 is 0 Å². The van der Waals surface area contributed by atoms with Gasteiger partial charge in [0.05, 0.1) is 0 Å². The van der Waals surface area contributed by atoms with Crippen LogP contribution >= 0.6 is 0 Å². The molecule has 46 valence electrons. The summed E-state index contributed by atoms with van der Waals surface area (Å²) in [5.74, 6) is 0. The van der Waals surface area contributed by atoms with E-state index in [-0.39, 0.29) is 100 Å². The first-order chi connectivity index (χ1) is 0. The quantitative estimate of drug-likeness (QED) is 0.480. The predicted molar refractivity (Wildman–Crippen MR) is 11.3 cm³/mol. The maximum absolute atomic E-state index is 0. The number of rotatable bonds is 0. The van der Waals surface area contributed by atoms with Crippen LogP contribution in [0.2, 0.25) is 0 Å². The fourth-order valence-electron chi connectivity index (χ4n) is 0. The molecule has 0 aromatic heterocycles. The van der Waals surface area contributed by atoms with E-state index in [2.05, 4.69) is 0 Å². The Labute approximate surface area is 98.7 Å². The van der Waals surface area contributed by atoms with Gasteiger partial charge < -0.3 is 0 Å². The van der Waals surface area contributed by atoms with Crippen molar-refractivity contribution >= 4 is 11.0 Å². The van der Waals surface area contributed by atoms with Crippen molar-refractivity contribution in [3.05, 3.63) is 0 Å². The molecule has 0 fully saturated rings. The first kappa shape index (κ1) is 64.6. The molecule has 2 radical (unpaired) electrons. The van der Waals surface area contributed by atoms with Crippen molar-refractivity contribution in [1.29, 1.82) is 0 Å². The van der Waals surface area contributed by atoms with Crippen molar-refractivity contribution in [2.45, 2.75) is 0 Å². The minimum absolute atomic E-state index is 0. The molecule has 0 rings (SSSR count). The Hall–Kier alpha value is 2.97. The molecule has 6 heavy (non-hydrogen) atoms. The van der Waals surface area contributed by atoms with Gasteiger partial charge in [-0.3, -0.25) is 0 Å². The Kier molecular flexibility index (Phi) is 473. The standard InChI is InChI=1S/Co.Fe.Mn.Ni.H4Si.Ti/h;;;;1H4;. The molecule has 0 saturated carbocycles. The predicted octanol–water partition coefficient (Wildman–Crippen LogP) is -1.46. The van der Waals surface area contributed by atoms with Crippen LogP contribution in [0.4, 0.5) is 0 Å². The summed E-state index contributed by atoms with van der Waals surface area (Å²) < 4.78 is 0. The van der Waals surface area contributed by atoms with E-state index in [0.717, 1.165) is 0 Å². The molecule has 0 heterocycles. The van der Waals surface area contributed by atoms with Gasteiger partial charge in [-0.2, -0.15) is 0 Å². The molecule has 0 aromatic carbocycles. The van der Waals surface area contributed by atoms with Crippen LogP contribution in [0.1, 0.15) is 0 Å². The van der Waals surface area contributed by atoms with Gasteiger partial charge in [0.15, 0.2) is 0 Å². The zero-order valence-electron chi connectivity index (χ0n) is 1.88. The Morgan fingerprint density at radius 1 is 1.00 bits per heavy atom. The fourth-order valence-corrected chi connectivity index (χ4v) is 0. The molecular formula is H4CoFeMnNiSiTi. The Bertz CT molecular complexity index is 15.5. The normalized spacial score (nSPS) is 0. The van der Waals surface area contributed by atoms with Gasteiger partial charge in [0.1, 0.15) is 0 Å². The third-order valence-corrected chi connectivity index (χ3v) is 0. The number of hydrogen-bond acceptors (Lipinski definition) is 0. The van der Waals surface area contributed by atoms with E-state index in [1.807, 2.05) is 0 Å². The van der Waals surface area contributed by atoms with E-state index in [1.165, 1.54) is 0 Å². The van der Waals surface area contributed by atoms with Crippen molar-refractivity contribution in [3.8, 4) is 0 Å². The molecule has 0 spiro atoms. The van der Waals surface area contributed by atoms with Crippen LogP contribution in [0, 0.1) is 0 Å². The van der Waals surface area contributed by atoms with Gasteiger partial charge in [-0.25, -0.2) is 0 Å². The number of hydrogen-bond donors (Lipinski definition) is 0. The SMILES string of the molecule is [Co].[Fe].[Mn].[Ni].[SiH4].[Ti]. The van der Waals surface area contributed by atoms with E-state index in [1.54, 1.807) is 0 Å². The summed E-state index contributed by atoms with van der Waals surface area (Å²) in [6.07, 6.45) is 0. The van der Waals surface area contributed by atoms with Gasteiger partial charge in [-0.15, -0.1) is 0 Å². The summed E-state index contributed by atoms with van der Waals surface area (Å²) in [6, 6.07) is 0. The second-order valence-corrected chi connectivity index (χ2v) is 0. The second kappa shape index (κ2) is 43.9. The van der Waals surface area contributed by atoms with E-state index in [4.69, 9.17) is 0 Å². The maximum atomic E-state index is 0. The largest absolute Gasteiger partial charge is 0.0149 e. The first-order valence-corrected chi connectivity index (χ1v) is 0. The second-order valence-electron chi connectivity index (χ2n) is 0. The molecule has 0 N–H and O–H groups in total. The molecule has 0 bridgehead atoms. The summed E-state index contributed by atoms with van der Waals surface area (Å²) >= 11 is 0. The first-order valence-electron chi connectivity index (χ1n) is 0. The molecule has 0 unspecified atom stereocenters. The third-order valence-electron chi connectivity index (χ3n) is 0. The monoisotopic (exact) mass is 308 g/mol. The summed E-state index contributed by atoms with van der Waals surface area (Å²) in [5.41, 5.74) is 0. The Balaban J connectivity index is 0. The zero-order chi connectivity index (χ0) is 0.